The topological polar surface area (TPSA) is 73.5 Å². The first-order valence-electron chi connectivity index (χ1n) is 12.0. The number of nitrogens with one attached hydrogen (secondary N) is 3. The fraction of sp³-hybridized carbons (Fsp3) is 0.667. The van der Waals surface area contributed by atoms with Gasteiger partial charge in [-0.25, -0.2) is 4.79 Å². The minimum absolute atomic E-state index is 0.0138. The molecule has 1 aromatic carbocycles. The zero-order valence-electron chi connectivity index (χ0n) is 18.0. The highest BCUT2D eigenvalue weighted by molar-refractivity contribution is 6.02. The average molecular weight is 413 g/mol. The van der Waals surface area contributed by atoms with Crippen LogP contribution in [0.1, 0.15) is 87.4 Å². The number of urea groups is 1. The maximum atomic E-state index is 13.2. The molecule has 0 aromatic heterocycles. The molecular weight excluding hydrogens is 376 g/mol. The molecule has 164 valence electrons. The summed E-state index contributed by atoms with van der Waals surface area (Å²) in [5, 5.41) is 9.30. The van der Waals surface area contributed by atoms with Gasteiger partial charge in [0, 0.05) is 36.5 Å². The van der Waals surface area contributed by atoms with Crippen molar-refractivity contribution in [1.29, 1.82) is 0 Å². The summed E-state index contributed by atoms with van der Waals surface area (Å²) in [5.74, 6) is -0.0138. The molecule has 2 aliphatic carbocycles. The van der Waals surface area contributed by atoms with Gasteiger partial charge in [0.1, 0.15) is 0 Å². The van der Waals surface area contributed by atoms with E-state index in [9.17, 15) is 9.59 Å². The second kappa shape index (κ2) is 10.2. The number of anilines is 2. The van der Waals surface area contributed by atoms with Gasteiger partial charge in [-0.15, -0.1) is 0 Å². The number of rotatable bonds is 5. The molecule has 6 nitrogen and oxygen atoms in total. The lowest BCUT2D eigenvalue weighted by Crippen LogP contribution is -2.39. The SMILES string of the molecule is O=C(Nc1ccc(N2CCCC2)c(C(=O)NC2CCCCC2)c1)NC1CCCCC1. The van der Waals surface area contributed by atoms with Crippen LogP contribution in [0.3, 0.4) is 0 Å². The first kappa shape index (κ1) is 21.0. The smallest absolute Gasteiger partial charge is 0.319 e. The fourth-order valence-electron chi connectivity index (χ4n) is 5.14. The van der Waals surface area contributed by atoms with Gasteiger partial charge in [0.25, 0.3) is 5.91 Å². The summed E-state index contributed by atoms with van der Waals surface area (Å²) < 4.78 is 0. The fourth-order valence-corrected chi connectivity index (χ4v) is 5.14. The largest absolute Gasteiger partial charge is 0.371 e. The van der Waals surface area contributed by atoms with Crippen LogP contribution in [0.5, 0.6) is 0 Å². The minimum Gasteiger partial charge on any atom is -0.371 e. The molecule has 1 aromatic rings. The second-order valence-electron chi connectivity index (χ2n) is 9.17. The van der Waals surface area contributed by atoms with Crippen molar-refractivity contribution in [2.24, 2.45) is 0 Å². The van der Waals surface area contributed by atoms with Crippen molar-refractivity contribution in [3.8, 4) is 0 Å². The molecule has 6 heteroatoms. The molecule has 30 heavy (non-hydrogen) atoms. The van der Waals surface area contributed by atoms with E-state index in [4.69, 9.17) is 0 Å². The maximum Gasteiger partial charge on any atom is 0.319 e. The number of hydrogen-bond donors (Lipinski definition) is 3. The summed E-state index contributed by atoms with van der Waals surface area (Å²) >= 11 is 0. The van der Waals surface area contributed by atoms with Gasteiger partial charge in [0.15, 0.2) is 0 Å². The van der Waals surface area contributed by atoms with Gasteiger partial charge in [-0.2, -0.15) is 0 Å². The Kier molecular flexibility index (Phi) is 7.13. The van der Waals surface area contributed by atoms with Gasteiger partial charge in [-0.3, -0.25) is 4.79 Å². The third-order valence-corrected chi connectivity index (χ3v) is 6.83. The molecule has 3 amide bonds. The maximum absolute atomic E-state index is 13.2. The van der Waals surface area contributed by atoms with E-state index in [1.54, 1.807) is 0 Å². The van der Waals surface area contributed by atoms with Crippen molar-refractivity contribution in [1.82, 2.24) is 10.6 Å². The summed E-state index contributed by atoms with van der Waals surface area (Å²) in [7, 11) is 0. The number of carbonyl (C=O) groups is 2. The van der Waals surface area contributed by atoms with Crippen molar-refractivity contribution in [2.75, 3.05) is 23.3 Å². The van der Waals surface area contributed by atoms with Crippen LogP contribution < -0.4 is 20.9 Å². The monoisotopic (exact) mass is 412 g/mol. The van der Waals surface area contributed by atoms with E-state index in [1.807, 2.05) is 18.2 Å². The summed E-state index contributed by atoms with van der Waals surface area (Å²) in [6.45, 7) is 1.97. The Bertz CT molecular complexity index is 733. The predicted molar refractivity (Wildman–Crippen MR) is 121 cm³/mol. The Morgan fingerprint density at radius 3 is 2.00 bits per heavy atom. The zero-order chi connectivity index (χ0) is 20.8. The molecule has 0 radical (unpaired) electrons. The molecule has 3 aliphatic rings. The Hall–Kier alpha value is -2.24. The van der Waals surface area contributed by atoms with Crippen LogP contribution in [0.15, 0.2) is 18.2 Å². The van der Waals surface area contributed by atoms with E-state index in [0.29, 0.717) is 11.3 Å². The molecular formula is C24H36N4O2. The van der Waals surface area contributed by atoms with Crippen molar-refractivity contribution >= 4 is 23.3 Å². The first-order valence-corrected chi connectivity index (χ1v) is 12.0. The molecule has 3 fully saturated rings. The van der Waals surface area contributed by atoms with Crippen LogP contribution >= 0.6 is 0 Å². The molecule has 0 atom stereocenters. The summed E-state index contributed by atoms with van der Waals surface area (Å²) in [4.78, 5) is 28.0. The van der Waals surface area contributed by atoms with Crippen LogP contribution in [0, 0.1) is 0 Å². The van der Waals surface area contributed by atoms with Crippen LogP contribution in [0.25, 0.3) is 0 Å². The van der Waals surface area contributed by atoms with Crippen molar-refractivity contribution in [3.63, 3.8) is 0 Å². The third-order valence-electron chi connectivity index (χ3n) is 6.83. The zero-order valence-corrected chi connectivity index (χ0v) is 18.0. The normalized spacial score (nSPS) is 20.7. The van der Waals surface area contributed by atoms with E-state index in [1.165, 1.54) is 38.5 Å². The molecule has 4 rings (SSSR count). The molecule has 1 saturated heterocycles. The molecule has 0 bridgehead atoms. The van der Waals surface area contributed by atoms with E-state index < -0.39 is 0 Å². The van der Waals surface area contributed by atoms with Gasteiger partial charge in [-0.05, 0) is 56.7 Å². The number of hydrogen-bond acceptors (Lipinski definition) is 3. The van der Waals surface area contributed by atoms with Gasteiger partial charge >= 0.3 is 6.03 Å². The number of carbonyl (C=O) groups excluding carboxylic acids is 2. The van der Waals surface area contributed by atoms with Crippen LogP contribution in [0.4, 0.5) is 16.2 Å². The second-order valence-corrected chi connectivity index (χ2v) is 9.17. The average Bonchev–Trinajstić information content (AvgIpc) is 3.30. The molecule has 1 aliphatic heterocycles. The van der Waals surface area contributed by atoms with Gasteiger partial charge in [0.05, 0.1) is 5.56 Å². The standard InChI is InChI=1S/C24H36N4O2/c29-23(25-18-9-3-1-4-10-18)21-17-20(13-14-22(21)28-15-7-8-16-28)27-24(30)26-19-11-5-2-6-12-19/h13-14,17-19H,1-12,15-16H2,(H,25,29)(H2,26,27,30). The van der Waals surface area contributed by atoms with Crippen molar-refractivity contribution in [2.45, 2.75) is 89.1 Å². The summed E-state index contributed by atoms with van der Waals surface area (Å²) in [6, 6.07) is 6.13. The van der Waals surface area contributed by atoms with Gasteiger partial charge < -0.3 is 20.9 Å². The lowest BCUT2D eigenvalue weighted by Gasteiger charge is -2.26. The number of amides is 3. The first-order chi connectivity index (χ1) is 14.7. The van der Waals surface area contributed by atoms with Gasteiger partial charge in [-0.1, -0.05) is 38.5 Å². The Morgan fingerprint density at radius 2 is 1.37 bits per heavy atom. The van der Waals surface area contributed by atoms with Crippen LogP contribution in [-0.4, -0.2) is 37.1 Å². The predicted octanol–water partition coefficient (Wildman–Crippen LogP) is 4.80. The quantitative estimate of drug-likeness (QED) is 0.650. The van der Waals surface area contributed by atoms with Crippen molar-refractivity contribution < 1.29 is 9.59 Å². The highest BCUT2D eigenvalue weighted by atomic mass is 16.2. The van der Waals surface area contributed by atoms with E-state index >= 15 is 0 Å². The minimum atomic E-state index is -0.172. The number of benzene rings is 1. The van der Waals surface area contributed by atoms with Crippen molar-refractivity contribution in [3.05, 3.63) is 23.8 Å². The third kappa shape index (κ3) is 5.46. The lowest BCUT2D eigenvalue weighted by atomic mass is 9.95. The molecule has 3 N–H and O–H groups in total. The Balaban J connectivity index is 1.46. The van der Waals surface area contributed by atoms with Crippen LogP contribution in [-0.2, 0) is 0 Å². The Labute approximate surface area is 180 Å². The van der Waals surface area contributed by atoms with E-state index in [-0.39, 0.29) is 24.0 Å². The molecule has 0 spiro atoms. The number of nitrogens with zero attached hydrogens (tertiary/aromatic N) is 1. The summed E-state index contributed by atoms with van der Waals surface area (Å²) in [5.41, 5.74) is 2.34. The highest BCUT2D eigenvalue weighted by Crippen LogP contribution is 2.28. The Morgan fingerprint density at radius 1 is 0.767 bits per heavy atom. The molecule has 1 heterocycles. The highest BCUT2D eigenvalue weighted by Gasteiger charge is 2.23. The molecule has 2 saturated carbocycles. The van der Waals surface area contributed by atoms with E-state index in [0.717, 1.165) is 57.3 Å². The van der Waals surface area contributed by atoms with Gasteiger partial charge in [0.2, 0.25) is 0 Å². The lowest BCUT2D eigenvalue weighted by molar-refractivity contribution is 0.0928. The van der Waals surface area contributed by atoms with E-state index in [2.05, 4.69) is 20.9 Å². The summed E-state index contributed by atoms with van der Waals surface area (Å²) in [6.07, 6.45) is 13.8. The van der Waals surface area contributed by atoms with Crippen LogP contribution in [0.2, 0.25) is 0 Å². The molecule has 0 unspecified atom stereocenters.